The lowest BCUT2D eigenvalue weighted by atomic mass is 9.89. The third-order valence-electron chi connectivity index (χ3n) is 6.08. The molecule has 1 aromatic heterocycles. The van der Waals surface area contributed by atoms with E-state index in [0.29, 0.717) is 18.6 Å². The summed E-state index contributed by atoms with van der Waals surface area (Å²) in [6.45, 7) is 5.36. The monoisotopic (exact) mass is 391 g/mol. The van der Waals surface area contributed by atoms with Crippen LogP contribution in [0.5, 0.6) is 0 Å². The van der Waals surface area contributed by atoms with Crippen molar-refractivity contribution in [1.29, 1.82) is 0 Å². The van der Waals surface area contributed by atoms with Gasteiger partial charge in [-0.15, -0.1) is 0 Å². The predicted octanol–water partition coefficient (Wildman–Crippen LogP) is 3.72. The summed E-state index contributed by atoms with van der Waals surface area (Å²) in [5.41, 5.74) is 4.03. The molecule has 28 heavy (non-hydrogen) atoms. The molecule has 5 rings (SSSR count). The van der Waals surface area contributed by atoms with Crippen LogP contribution in [0.4, 0.5) is 5.82 Å². The summed E-state index contributed by atoms with van der Waals surface area (Å²) in [6.07, 6.45) is 3.34. The van der Waals surface area contributed by atoms with Crippen molar-refractivity contribution in [2.24, 2.45) is 0 Å². The SMILES string of the molecule is O=C1CCc2cc(CCN3CCN(c4nsc5ccccc45)CC3)ccc2C1. The van der Waals surface area contributed by atoms with Crippen molar-refractivity contribution < 1.29 is 4.79 Å². The van der Waals surface area contributed by atoms with Crippen LogP contribution in [-0.4, -0.2) is 47.8 Å². The number of aromatic nitrogens is 1. The Labute approximate surface area is 169 Å². The molecule has 1 aliphatic heterocycles. The first kappa shape index (κ1) is 17.8. The van der Waals surface area contributed by atoms with Crippen molar-refractivity contribution in [1.82, 2.24) is 9.27 Å². The molecule has 0 saturated carbocycles. The molecule has 1 saturated heterocycles. The summed E-state index contributed by atoms with van der Waals surface area (Å²) in [4.78, 5) is 16.6. The number of anilines is 1. The number of aryl methyl sites for hydroxylation is 1. The Morgan fingerprint density at radius 1 is 0.964 bits per heavy atom. The molecule has 144 valence electrons. The molecule has 3 aromatic rings. The highest BCUT2D eigenvalue weighted by atomic mass is 32.1. The smallest absolute Gasteiger partial charge is 0.150 e. The maximum Gasteiger partial charge on any atom is 0.150 e. The molecule has 0 radical (unpaired) electrons. The lowest BCUT2D eigenvalue weighted by Crippen LogP contribution is -2.47. The van der Waals surface area contributed by atoms with Gasteiger partial charge in [-0.25, -0.2) is 0 Å². The first-order valence-electron chi connectivity index (χ1n) is 10.2. The van der Waals surface area contributed by atoms with Gasteiger partial charge in [-0.3, -0.25) is 9.69 Å². The molecule has 0 amide bonds. The highest BCUT2D eigenvalue weighted by molar-refractivity contribution is 7.13. The van der Waals surface area contributed by atoms with Gasteiger partial charge in [-0.2, -0.15) is 4.37 Å². The Balaban J connectivity index is 1.17. The molecular formula is C23H25N3OS. The topological polar surface area (TPSA) is 36.4 Å². The minimum atomic E-state index is 0.381. The number of carbonyl (C=O) groups is 1. The van der Waals surface area contributed by atoms with Crippen LogP contribution in [-0.2, 0) is 24.1 Å². The van der Waals surface area contributed by atoms with Gasteiger partial charge in [-0.05, 0) is 53.2 Å². The first-order chi connectivity index (χ1) is 13.8. The summed E-state index contributed by atoms with van der Waals surface area (Å²) in [5, 5.41) is 1.29. The van der Waals surface area contributed by atoms with Crippen LogP contribution in [0.3, 0.4) is 0 Å². The third-order valence-corrected chi connectivity index (χ3v) is 6.90. The standard InChI is InChI=1S/C23H25N3OS/c27-20-8-7-18-15-17(5-6-19(18)16-20)9-10-25-11-13-26(14-12-25)23-21-3-1-2-4-22(21)28-24-23/h1-6,15H,7-14,16H2. The lowest BCUT2D eigenvalue weighted by Gasteiger charge is -2.35. The molecule has 2 aliphatic rings. The maximum atomic E-state index is 11.6. The molecule has 2 heterocycles. The van der Waals surface area contributed by atoms with E-state index >= 15 is 0 Å². The Morgan fingerprint density at radius 2 is 1.82 bits per heavy atom. The number of piperazine rings is 1. The summed E-state index contributed by atoms with van der Waals surface area (Å²) in [5.74, 6) is 1.54. The van der Waals surface area contributed by atoms with E-state index in [0.717, 1.165) is 51.4 Å². The molecule has 1 aliphatic carbocycles. The van der Waals surface area contributed by atoms with Crippen LogP contribution in [0, 0.1) is 0 Å². The van der Waals surface area contributed by atoms with Gasteiger partial charge in [-0.1, -0.05) is 30.3 Å². The Bertz CT molecular complexity index is 1000. The van der Waals surface area contributed by atoms with E-state index in [4.69, 9.17) is 4.37 Å². The fourth-order valence-corrected chi connectivity index (χ4v) is 5.18. The van der Waals surface area contributed by atoms with Crippen LogP contribution < -0.4 is 4.90 Å². The average molecular weight is 392 g/mol. The van der Waals surface area contributed by atoms with Crippen molar-refractivity contribution in [3.63, 3.8) is 0 Å². The van der Waals surface area contributed by atoms with Crippen LogP contribution in [0.2, 0.25) is 0 Å². The zero-order valence-corrected chi connectivity index (χ0v) is 16.9. The molecule has 5 heteroatoms. The molecule has 1 fully saturated rings. The second kappa shape index (κ2) is 7.64. The highest BCUT2D eigenvalue weighted by Crippen LogP contribution is 2.29. The molecule has 2 aromatic carbocycles. The van der Waals surface area contributed by atoms with Gasteiger partial charge < -0.3 is 4.90 Å². The van der Waals surface area contributed by atoms with E-state index in [1.165, 1.54) is 26.8 Å². The average Bonchev–Trinajstić information content (AvgIpc) is 3.17. The van der Waals surface area contributed by atoms with Crippen molar-refractivity contribution in [2.75, 3.05) is 37.6 Å². The van der Waals surface area contributed by atoms with E-state index in [9.17, 15) is 4.79 Å². The van der Waals surface area contributed by atoms with Gasteiger partial charge in [0.1, 0.15) is 11.6 Å². The number of ketones is 1. The van der Waals surface area contributed by atoms with Gasteiger partial charge in [0.15, 0.2) is 0 Å². The number of nitrogens with zero attached hydrogens (tertiary/aromatic N) is 3. The van der Waals surface area contributed by atoms with Gasteiger partial charge in [0, 0.05) is 51.0 Å². The second-order valence-electron chi connectivity index (χ2n) is 7.90. The van der Waals surface area contributed by atoms with Crippen molar-refractivity contribution in [3.05, 3.63) is 59.2 Å². The Hall–Kier alpha value is -2.24. The van der Waals surface area contributed by atoms with Crippen LogP contribution >= 0.6 is 11.5 Å². The molecule has 4 nitrogen and oxygen atoms in total. The normalized spacial score (nSPS) is 17.9. The molecule has 0 N–H and O–H groups in total. The van der Waals surface area contributed by atoms with Gasteiger partial charge >= 0.3 is 0 Å². The molecule has 0 bridgehead atoms. The molecular weight excluding hydrogens is 366 g/mol. The summed E-state index contributed by atoms with van der Waals surface area (Å²) in [6, 6.07) is 15.2. The van der Waals surface area contributed by atoms with Gasteiger partial charge in [0.2, 0.25) is 0 Å². The maximum absolute atomic E-state index is 11.6. The largest absolute Gasteiger partial charge is 0.353 e. The summed E-state index contributed by atoms with van der Waals surface area (Å²) < 4.78 is 5.98. The number of fused-ring (bicyclic) bond motifs is 2. The fraction of sp³-hybridized carbons (Fsp3) is 0.391. The lowest BCUT2D eigenvalue weighted by molar-refractivity contribution is -0.118. The number of benzene rings is 2. The van der Waals surface area contributed by atoms with Gasteiger partial charge in [0.25, 0.3) is 0 Å². The molecule has 0 unspecified atom stereocenters. The number of carbonyl (C=O) groups excluding carboxylic acids is 1. The van der Waals surface area contributed by atoms with Crippen LogP contribution in [0.25, 0.3) is 10.1 Å². The first-order valence-corrected chi connectivity index (χ1v) is 11.0. The number of Topliss-reactive ketones (excluding diaryl/α,β-unsaturated/α-hetero) is 1. The Kier molecular flexibility index (Phi) is 4.87. The fourth-order valence-electron chi connectivity index (χ4n) is 4.39. The van der Waals surface area contributed by atoms with E-state index in [2.05, 4.69) is 52.3 Å². The minimum Gasteiger partial charge on any atom is -0.353 e. The number of hydrogen-bond acceptors (Lipinski definition) is 5. The van der Waals surface area contributed by atoms with E-state index in [1.54, 1.807) is 11.5 Å². The Morgan fingerprint density at radius 3 is 2.71 bits per heavy atom. The van der Waals surface area contributed by atoms with Gasteiger partial charge in [0.05, 0.1) is 4.70 Å². The zero-order valence-electron chi connectivity index (χ0n) is 16.1. The van der Waals surface area contributed by atoms with Crippen molar-refractivity contribution >= 4 is 33.2 Å². The summed E-state index contributed by atoms with van der Waals surface area (Å²) in [7, 11) is 0. The van der Waals surface area contributed by atoms with Crippen molar-refractivity contribution in [2.45, 2.75) is 25.7 Å². The van der Waals surface area contributed by atoms with E-state index < -0.39 is 0 Å². The number of rotatable bonds is 4. The molecule has 0 spiro atoms. The third kappa shape index (κ3) is 3.56. The predicted molar refractivity (Wildman–Crippen MR) is 115 cm³/mol. The molecule has 0 atom stereocenters. The summed E-state index contributed by atoms with van der Waals surface area (Å²) >= 11 is 1.60. The zero-order chi connectivity index (χ0) is 18.9. The van der Waals surface area contributed by atoms with Crippen LogP contribution in [0.15, 0.2) is 42.5 Å². The quantitative estimate of drug-likeness (QED) is 0.679. The van der Waals surface area contributed by atoms with Crippen molar-refractivity contribution in [3.8, 4) is 0 Å². The number of hydrogen-bond donors (Lipinski definition) is 0. The minimum absolute atomic E-state index is 0.381. The van der Waals surface area contributed by atoms with Crippen LogP contribution in [0.1, 0.15) is 23.1 Å². The van der Waals surface area contributed by atoms with E-state index in [1.807, 2.05) is 0 Å². The van der Waals surface area contributed by atoms with E-state index in [-0.39, 0.29) is 0 Å². The highest BCUT2D eigenvalue weighted by Gasteiger charge is 2.21. The second-order valence-corrected chi connectivity index (χ2v) is 8.70.